The molecule has 29 heavy (non-hydrogen) atoms. The zero-order valence-electron chi connectivity index (χ0n) is 16.4. The third kappa shape index (κ3) is 3.73. The minimum absolute atomic E-state index is 0.460. The van der Waals surface area contributed by atoms with Crippen molar-refractivity contribution >= 4 is 5.82 Å². The van der Waals surface area contributed by atoms with Crippen LogP contribution in [0.25, 0.3) is 22.5 Å². The second kappa shape index (κ2) is 7.12. The molecule has 8 heteroatoms. The van der Waals surface area contributed by atoms with Gasteiger partial charge in [-0.2, -0.15) is 5.10 Å². The van der Waals surface area contributed by atoms with Gasteiger partial charge in [0.15, 0.2) is 5.82 Å². The van der Waals surface area contributed by atoms with Crippen molar-refractivity contribution in [1.29, 1.82) is 0 Å². The molecule has 1 saturated carbocycles. The number of nitrogens with zero attached hydrogens (tertiary/aromatic N) is 7. The van der Waals surface area contributed by atoms with Crippen LogP contribution in [0.4, 0.5) is 5.82 Å². The number of anilines is 1. The summed E-state index contributed by atoms with van der Waals surface area (Å²) < 4.78 is 7.55. The SMILES string of the molecule is CN(C)c1ccc(-c2cccc(-c3ccn(Cc4nnc(C5CC5)o4)n3)c2)nn1. The molecule has 0 atom stereocenters. The summed E-state index contributed by atoms with van der Waals surface area (Å²) in [4.78, 5) is 1.93. The summed E-state index contributed by atoms with van der Waals surface area (Å²) in [7, 11) is 3.89. The quantitative estimate of drug-likeness (QED) is 0.501. The predicted octanol–water partition coefficient (Wildman–Crippen LogP) is 3.38. The van der Waals surface area contributed by atoms with E-state index in [0.717, 1.165) is 47.1 Å². The fourth-order valence-corrected chi connectivity index (χ4v) is 3.12. The molecule has 1 aliphatic rings. The van der Waals surface area contributed by atoms with Crippen LogP contribution in [0.15, 0.2) is 53.1 Å². The first-order valence-corrected chi connectivity index (χ1v) is 9.63. The summed E-state index contributed by atoms with van der Waals surface area (Å²) in [6, 6.07) is 14.1. The summed E-state index contributed by atoms with van der Waals surface area (Å²) in [5, 5.41) is 21.5. The number of aromatic nitrogens is 6. The molecule has 0 aliphatic heterocycles. The van der Waals surface area contributed by atoms with Crippen LogP contribution in [0, 0.1) is 0 Å². The van der Waals surface area contributed by atoms with E-state index >= 15 is 0 Å². The highest BCUT2D eigenvalue weighted by atomic mass is 16.4. The van der Waals surface area contributed by atoms with E-state index in [1.807, 2.05) is 66.3 Å². The van der Waals surface area contributed by atoms with Crippen LogP contribution in [0.3, 0.4) is 0 Å². The van der Waals surface area contributed by atoms with Gasteiger partial charge in [-0.15, -0.1) is 20.4 Å². The maximum Gasteiger partial charge on any atom is 0.237 e. The first kappa shape index (κ1) is 17.5. The molecule has 1 aromatic carbocycles. The normalized spacial score (nSPS) is 13.6. The summed E-state index contributed by atoms with van der Waals surface area (Å²) in [6.45, 7) is 0.469. The number of hydrogen-bond acceptors (Lipinski definition) is 7. The zero-order valence-corrected chi connectivity index (χ0v) is 16.4. The van der Waals surface area contributed by atoms with Gasteiger partial charge in [0.05, 0.1) is 11.4 Å². The van der Waals surface area contributed by atoms with E-state index in [4.69, 9.17) is 4.42 Å². The molecule has 0 bridgehead atoms. The van der Waals surface area contributed by atoms with Crippen molar-refractivity contribution in [3.8, 4) is 22.5 Å². The molecular weight excluding hydrogens is 366 g/mol. The number of rotatable bonds is 6. The Morgan fingerprint density at radius 1 is 0.966 bits per heavy atom. The van der Waals surface area contributed by atoms with Crippen molar-refractivity contribution in [2.45, 2.75) is 25.3 Å². The van der Waals surface area contributed by atoms with Gasteiger partial charge in [-0.05, 0) is 37.1 Å². The molecule has 1 aliphatic carbocycles. The lowest BCUT2D eigenvalue weighted by Crippen LogP contribution is -2.11. The molecule has 0 radical (unpaired) electrons. The van der Waals surface area contributed by atoms with Crippen molar-refractivity contribution in [1.82, 2.24) is 30.2 Å². The average molecular weight is 387 g/mol. The maximum absolute atomic E-state index is 5.73. The molecule has 146 valence electrons. The van der Waals surface area contributed by atoms with E-state index < -0.39 is 0 Å². The van der Waals surface area contributed by atoms with Crippen LogP contribution < -0.4 is 4.90 Å². The van der Waals surface area contributed by atoms with Gasteiger partial charge in [0.25, 0.3) is 0 Å². The lowest BCUT2D eigenvalue weighted by Gasteiger charge is -2.10. The minimum Gasteiger partial charge on any atom is -0.423 e. The topological polar surface area (TPSA) is 85.8 Å². The molecule has 3 heterocycles. The maximum atomic E-state index is 5.73. The third-order valence-electron chi connectivity index (χ3n) is 4.91. The Hall–Kier alpha value is -3.55. The van der Waals surface area contributed by atoms with Gasteiger partial charge in [0, 0.05) is 37.3 Å². The molecule has 0 N–H and O–H groups in total. The third-order valence-corrected chi connectivity index (χ3v) is 4.91. The van der Waals surface area contributed by atoms with Gasteiger partial charge in [-0.25, -0.2) is 0 Å². The summed E-state index contributed by atoms with van der Waals surface area (Å²) in [5.74, 6) is 2.63. The largest absolute Gasteiger partial charge is 0.423 e. The van der Waals surface area contributed by atoms with Crippen molar-refractivity contribution in [3.05, 3.63) is 60.4 Å². The molecule has 0 unspecified atom stereocenters. The summed E-state index contributed by atoms with van der Waals surface area (Å²) in [6.07, 6.45) is 4.22. The molecule has 0 spiro atoms. The van der Waals surface area contributed by atoms with Gasteiger partial charge < -0.3 is 9.32 Å². The van der Waals surface area contributed by atoms with Gasteiger partial charge in [0.2, 0.25) is 11.8 Å². The predicted molar refractivity (Wildman–Crippen MR) is 108 cm³/mol. The standard InChI is InChI=1S/C21H21N7O/c1-27(2)19-9-8-17(22-23-19)15-4-3-5-16(12-15)18-10-11-28(26-18)13-20-24-25-21(29-20)14-6-7-14/h3-5,8-12,14H,6-7,13H2,1-2H3. The Morgan fingerprint density at radius 2 is 1.79 bits per heavy atom. The second-order valence-electron chi connectivity index (χ2n) is 7.46. The van der Waals surface area contributed by atoms with Gasteiger partial charge >= 0.3 is 0 Å². The molecule has 3 aromatic heterocycles. The van der Waals surface area contributed by atoms with Crippen molar-refractivity contribution in [2.24, 2.45) is 0 Å². The molecule has 5 rings (SSSR count). The van der Waals surface area contributed by atoms with Crippen LogP contribution in [0.2, 0.25) is 0 Å². The fourth-order valence-electron chi connectivity index (χ4n) is 3.12. The van der Waals surface area contributed by atoms with Crippen LogP contribution in [-0.2, 0) is 6.54 Å². The Morgan fingerprint density at radius 3 is 2.52 bits per heavy atom. The van der Waals surface area contributed by atoms with Crippen LogP contribution >= 0.6 is 0 Å². The molecular formula is C21H21N7O. The highest BCUT2D eigenvalue weighted by Gasteiger charge is 2.29. The van der Waals surface area contributed by atoms with E-state index in [1.54, 1.807) is 0 Å². The molecule has 0 saturated heterocycles. The van der Waals surface area contributed by atoms with E-state index in [0.29, 0.717) is 18.4 Å². The molecule has 4 aromatic rings. The van der Waals surface area contributed by atoms with Crippen LogP contribution in [0.5, 0.6) is 0 Å². The lowest BCUT2D eigenvalue weighted by atomic mass is 10.1. The van der Waals surface area contributed by atoms with E-state index in [9.17, 15) is 0 Å². The second-order valence-corrected chi connectivity index (χ2v) is 7.46. The lowest BCUT2D eigenvalue weighted by molar-refractivity contribution is 0.431. The van der Waals surface area contributed by atoms with Crippen molar-refractivity contribution in [3.63, 3.8) is 0 Å². The Balaban J connectivity index is 1.35. The van der Waals surface area contributed by atoms with Gasteiger partial charge in [-0.3, -0.25) is 4.68 Å². The Bertz CT molecular complexity index is 1130. The Labute approximate surface area is 168 Å². The van der Waals surface area contributed by atoms with Gasteiger partial charge in [-0.1, -0.05) is 18.2 Å². The monoisotopic (exact) mass is 387 g/mol. The highest BCUT2D eigenvalue weighted by molar-refractivity contribution is 5.69. The van der Waals surface area contributed by atoms with E-state index in [-0.39, 0.29) is 0 Å². The van der Waals surface area contributed by atoms with Crippen LogP contribution in [-0.4, -0.2) is 44.3 Å². The smallest absolute Gasteiger partial charge is 0.237 e. The Kier molecular flexibility index (Phi) is 4.31. The summed E-state index contributed by atoms with van der Waals surface area (Å²) in [5.41, 5.74) is 3.73. The van der Waals surface area contributed by atoms with Crippen LogP contribution in [0.1, 0.15) is 30.5 Å². The number of benzene rings is 1. The fraction of sp³-hybridized carbons (Fsp3) is 0.286. The number of hydrogen-bond donors (Lipinski definition) is 0. The molecule has 1 fully saturated rings. The first-order chi connectivity index (χ1) is 14.2. The van der Waals surface area contributed by atoms with Crippen molar-refractivity contribution in [2.75, 3.05) is 19.0 Å². The molecule has 8 nitrogen and oxygen atoms in total. The zero-order chi connectivity index (χ0) is 19.8. The van der Waals surface area contributed by atoms with E-state index in [2.05, 4.69) is 31.6 Å². The first-order valence-electron chi connectivity index (χ1n) is 9.63. The minimum atomic E-state index is 0.460. The summed E-state index contributed by atoms with van der Waals surface area (Å²) >= 11 is 0. The van der Waals surface area contributed by atoms with Crippen molar-refractivity contribution < 1.29 is 4.42 Å². The van der Waals surface area contributed by atoms with Gasteiger partial charge in [0.1, 0.15) is 6.54 Å². The highest BCUT2D eigenvalue weighted by Crippen LogP contribution is 2.39. The average Bonchev–Trinajstić information content (AvgIpc) is 3.31. The van der Waals surface area contributed by atoms with E-state index in [1.165, 1.54) is 0 Å². The molecule has 0 amide bonds.